The summed E-state index contributed by atoms with van der Waals surface area (Å²) in [6.07, 6.45) is 0. The molecule has 1 aromatic rings. The second-order valence-electron chi connectivity index (χ2n) is 3.51. The van der Waals surface area contributed by atoms with Crippen molar-refractivity contribution in [3.05, 3.63) is 39.9 Å². The molecule has 0 heterocycles. The number of hydrogen-bond donors (Lipinski definition) is 2. The van der Waals surface area contributed by atoms with Gasteiger partial charge in [0.25, 0.3) is 11.6 Å². The Morgan fingerprint density at radius 3 is 2.63 bits per heavy atom. The molecule has 1 atom stereocenters. The SMILES string of the molecule is COC(=O)C(CO)NC(=O)c1ccccc1[N+](=O)[O-]. The van der Waals surface area contributed by atoms with Crippen LogP contribution in [-0.4, -0.2) is 41.7 Å². The van der Waals surface area contributed by atoms with E-state index in [1.165, 1.54) is 24.3 Å². The van der Waals surface area contributed by atoms with E-state index in [1.807, 2.05) is 0 Å². The highest BCUT2D eigenvalue weighted by atomic mass is 16.6. The molecule has 1 aromatic carbocycles. The number of nitrogens with one attached hydrogen (secondary N) is 1. The number of nitro benzene ring substituents is 1. The Kier molecular flexibility index (Phi) is 4.95. The molecule has 1 rings (SSSR count). The van der Waals surface area contributed by atoms with Gasteiger partial charge in [-0.15, -0.1) is 0 Å². The van der Waals surface area contributed by atoms with E-state index in [2.05, 4.69) is 10.1 Å². The summed E-state index contributed by atoms with van der Waals surface area (Å²) in [6.45, 7) is -0.668. The lowest BCUT2D eigenvalue weighted by Crippen LogP contribution is -2.44. The summed E-state index contributed by atoms with van der Waals surface area (Å²) in [6, 6.07) is 4.02. The molecule has 8 nitrogen and oxygen atoms in total. The molecule has 1 amide bonds. The Morgan fingerprint density at radius 2 is 2.11 bits per heavy atom. The van der Waals surface area contributed by atoms with E-state index in [1.54, 1.807) is 0 Å². The summed E-state index contributed by atoms with van der Waals surface area (Å²) in [7, 11) is 1.10. The fraction of sp³-hybridized carbons (Fsp3) is 0.273. The topological polar surface area (TPSA) is 119 Å². The minimum absolute atomic E-state index is 0.199. The molecular weight excluding hydrogens is 256 g/mol. The highest BCUT2D eigenvalue weighted by Crippen LogP contribution is 2.17. The smallest absolute Gasteiger partial charge is 0.330 e. The zero-order valence-corrected chi connectivity index (χ0v) is 10.0. The van der Waals surface area contributed by atoms with Crippen molar-refractivity contribution in [3.8, 4) is 0 Å². The second-order valence-corrected chi connectivity index (χ2v) is 3.51. The number of rotatable bonds is 5. The molecule has 0 aliphatic carbocycles. The molecule has 1 unspecified atom stereocenters. The third-order valence-electron chi connectivity index (χ3n) is 2.32. The van der Waals surface area contributed by atoms with Gasteiger partial charge in [0.2, 0.25) is 0 Å². The highest BCUT2D eigenvalue weighted by molar-refractivity contribution is 6.00. The normalized spacial score (nSPS) is 11.5. The number of carbonyl (C=O) groups is 2. The minimum atomic E-state index is -1.27. The van der Waals surface area contributed by atoms with Crippen molar-refractivity contribution in [2.45, 2.75) is 6.04 Å². The zero-order valence-electron chi connectivity index (χ0n) is 10.0. The van der Waals surface area contributed by atoms with Crippen molar-refractivity contribution in [1.29, 1.82) is 0 Å². The molecule has 0 spiro atoms. The molecule has 2 N–H and O–H groups in total. The van der Waals surface area contributed by atoms with E-state index in [-0.39, 0.29) is 11.3 Å². The number of hydrogen-bond acceptors (Lipinski definition) is 6. The number of ether oxygens (including phenoxy) is 1. The third-order valence-corrected chi connectivity index (χ3v) is 2.32. The first kappa shape index (κ1) is 14.6. The monoisotopic (exact) mass is 268 g/mol. The Hall–Kier alpha value is -2.48. The number of aliphatic hydroxyl groups excluding tert-OH is 1. The maximum Gasteiger partial charge on any atom is 0.330 e. The molecule has 0 saturated carbocycles. The van der Waals surface area contributed by atoms with Gasteiger partial charge in [-0.2, -0.15) is 0 Å². The van der Waals surface area contributed by atoms with E-state index in [0.29, 0.717) is 0 Å². The van der Waals surface area contributed by atoms with Gasteiger partial charge in [-0.3, -0.25) is 14.9 Å². The van der Waals surface area contributed by atoms with Crippen LogP contribution in [0.1, 0.15) is 10.4 Å². The maximum absolute atomic E-state index is 11.8. The zero-order chi connectivity index (χ0) is 14.4. The summed E-state index contributed by atoms with van der Waals surface area (Å²) < 4.78 is 4.37. The number of carbonyl (C=O) groups excluding carboxylic acids is 2. The fourth-order valence-corrected chi connectivity index (χ4v) is 1.38. The van der Waals surface area contributed by atoms with Crippen molar-refractivity contribution in [2.75, 3.05) is 13.7 Å². The number of esters is 1. The second kappa shape index (κ2) is 6.45. The maximum atomic E-state index is 11.8. The Morgan fingerprint density at radius 1 is 1.47 bits per heavy atom. The van der Waals surface area contributed by atoms with Crippen molar-refractivity contribution in [2.24, 2.45) is 0 Å². The predicted octanol–water partition coefficient (Wildman–Crippen LogP) is -0.142. The van der Waals surface area contributed by atoms with Gasteiger partial charge in [0, 0.05) is 6.07 Å². The van der Waals surface area contributed by atoms with Gasteiger partial charge in [-0.25, -0.2) is 4.79 Å². The molecule has 0 aromatic heterocycles. The quantitative estimate of drug-likeness (QED) is 0.436. The van der Waals surface area contributed by atoms with E-state index in [9.17, 15) is 19.7 Å². The van der Waals surface area contributed by atoms with Crippen molar-refractivity contribution in [1.82, 2.24) is 5.32 Å². The van der Waals surface area contributed by atoms with Crippen LogP contribution in [0, 0.1) is 10.1 Å². The number of amides is 1. The highest BCUT2D eigenvalue weighted by Gasteiger charge is 2.25. The van der Waals surface area contributed by atoms with Crippen LogP contribution < -0.4 is 5.32 Å². The first-order valence-corrected chi connectivity index (χ1v) is 5.24. The summed E-state index contributed by atoms with van der Waals surface area (Å²) in [4.78, 5) is 33.1. The predicted molar refractivity (Wildman–Crippen MR) is 63.5 cm³/mol. The van der Waals surface area contributed by atoms with Crippen LogP contribution in [0.15, 0.2) is 24.3 Å². The third kappa shape index (κ3) is 3.49. The molecular formula is C11H12N2O6. The molecule has 0 saturated heterocycles. The summed E-state index contributed by atoms with van der Waals surface area (Å²) in [5, 5.41) is 21.9. The molecule has 0 aliphatic heterocycles. The lowest BCUT2D eigenvalue weighted by Gasteiger charge is -2.13. The number of aliphatic hydroxyl groups is 1. The van der Waals surface area contributed by atoms with Gasteiger partial charge < -0.3 is 15.2 Å². The molecule has 102 valence electrons. The number of benzene rings is 1. The van der Waals surface area contributed by atoms with E-state index < -0.39 is 29.4 Å². The standard InChI is InChI=1S/C11H12N2O6/c1-19-11(16)8(6-14)12-10(15)7-4-2-3-5-9(7)13(17)18/h2-5,8,14H,6H2,1H3,(H,12,15). The first-order valence-electron chi connectivity index (χ1n) is 5.24. The molecule has 0 fully saturated rings. The summed E-state index contributed by atoms with van der Waals surface area (Å²) in [5.74, 6) is -1.67. The van der Waals surface area contributed by atoms with E-state index in [0.717, 1.165) is 7.11 Å². The van der Waals surface area contributed by atoms with Crippen LogP contribution in [0.4, 0.5) is 5.69 Å². The van der Waals surface area contributed by atoms with Gasteiger partial charge in [0.1, 0.15) is 5.56 Å². The number of nitro groups is 1. The van der Waals surface area contributed by atoms with Crippen LogP contribution in [0.2, 0.25) is 0 Å². The first-order chi connectivity index (χ1) is 9.01. The lowest BCUT2D eigenvalue weighted by molar-refractivity contribution is -0.385. The van der Waals surface area contributed by atoms with Gasteiger partial charge in [0.05, 0.1) is 18.6 Å². The molecule has 19 heavy (non-hydrogen) atoms. The molecule has 8 heteroatoms. The molecule has 0 bridgehead atoms. The van der Waals surface area contributed by atoms with Crippen LogP contribution in [0.5, 0.6) is 0 Å². The van der Waals surface area contributed by atoms with Gasteiger partial charge in [-0.05, 0) is 6.07 Å². The van der Waals surface area contributed by atoms with Crippen LogP contribution in [0.25, 0.3) is 0 Å². The van der Waals surface area contributed by atoms with Crippen LogP contribution in [0.3, 0.4) is 0 Å². The average molecular weight is 268 g/mol. The Balaban J connectivity index is 2.95. The summed E-state index contributed by atoms with van der Waals surface area (Å²) >= 11 is 0. The Bertz CT molecular complexity index is 502. The molecule has 0 aliphatic rings. The fourth-order valence-electron chi connectivity index (χ4n) is 1.38. The van der Waals surface area contributed by atoms with Crippen molar-refractivity contribution in [3.63, 3.8) is 0 Å². The Labute approximate surface area is 108 Å². The summed E-state index contributed by atoms with van der Waals surface area (Å²) in [5.41, 5.74) is -0.587. The van der Waals surface area contributed by atoms with E-state index in [4.69, 9.17) is 5.11 Å². The number of nitrogens with zero attached hydrogens (tertiary/aromatic N) is 1. The van der Waals surface area contributed by atoms with Gasteiger partial charge in [-0.1, -0.05) is 12.1 Å². The number of para-hydroxylation sites is 1. The average Bonchev–Trinajstić information content (AvgIpc) is 2.43. The number of methoxy groups -OCH3 is 1. The van der Waals surface area contributed by atoms with Crippen molar-refractivity contribution < 1.29 is 24.4 Å². The van der Waals surface area contributed by atoms with Crippen LogP contribution in [-0.2, 0) is 9.53 Å². The minimum Gasteiger partial charge on any atom is -0.467 e. The molecule has 0 radical (unpaired) electrons. The van der Waals surface area contributed by atoms with E-state index >= 15 is 0 Å². The van der Waals surface area contributed by atoms with Crippen molar-refractivity contribution >= 4 is 17.6 Å². The lowest BCUT2D eigenvalue weighted by atomic mass is 10.1. The largest absolute Gasteiger partial charge is 0.467 e. The van der Waals surface area contributed by atoms with Crippen LogP contribution >= 0.6 is 0 Å². The van der Waals surface area contributed by atoms with Gasteiger partial charge >= 0.3 is 5.97 Å². The van der Waals surface area contributed by atoms with Gasteiger partial charge in [0.15, 0.2) is 6.04 Å².